The summed E-state index contributed by atoms with van der Waals surface area (Å²) in [4.78, 5) is 11.0. The Hall–Kier alpha value is -2.75. The maximum atomic E-state index is 11.0. The molecule has 0 heterocycles. The Morgan fingerprint density at radius 1 is 1.05 bits per heavy atom. The van der Waals surface area contributed by atoms with Crippen LogP contribution in [0.3, 0.4) is 0 Å². The van der Waals surface area contributed by atoms with Gasteiger partial charge in [-0.05, 0) is 41.5 Å². The minimum Gasteiger partial charge on any atom is -0.497 e. The number of carbonyl (C=O) groups is 1. The monoisotopic (exact) mass is 297 g/mol. The van der Waals surface area contributed by atoms with E-state index < -0.39 is 0 Å². The van der Waals surface area contributed by atoms with Gasteiger partial charge in [0.1, 0.15) is 5.75 Å². The van der Waals surface area contributed by atoms with Crippen molar-refractivity contribution in [2.75, 3.05) is 19.5 Å². The van der Waals surface area contributed by atoms with Gasteiger partial charge in [0.2, 0.25) is 0 Å². The summed E-state index contributed by atoms with van der Waals surface area (Å²) in [6.07, 6.45) is 3.12. The fraction of sp³-hybridized carbons (Fsp3) is 0.167. The smallest absolute Gasteiger partial charge is 0.330 e. The SMILES string of the molecule is COC(=O)/C=C/c1ccc(NCc2ccc(OC)cc2)cc1. The summed E-state index contributed by atoms with van der Waals surface area (Å²) in [7, 11) is 3.02. The van der Waals surface area contributed by atoms with E-state index >= 15 is 0 Å². The van der Waals surface area contributed by atoms with Gasteiger partial charge in [-0.3, -0.25) is 0 Å². The lowest BCUT2D eigenvalue weighted by molar-refractivity contribution is -0.134. The standard InChI is InChI=1S/C18H19NO3/c1-21-17-10-5-15(6-11-17)13-19-16-8-3-14(4-9-16)7-12-18(20)22-2/h3-12,19H,13H2,1-2H3/b12-7+. The summed E-state index contributed by atoms with van der Waals surface area (Å²) in [5.41, 5.74) is 3.14. The second-order valence-electron chi connectivity index (χ2n) is 4.68. The average Bonchev–Trinajstić information content (AvgIpc) is 2.59. The van der Waals surface area contributed by atoms with Gasteiger partial charge in [0.05, 0.1) is 14.2 Å². The van der Waals surface area contributed by atoms with Crippen molar-refractivity contribution in [2.24, 2.45) is 0 Å². The lowest BCUT2D eigenvalue weighted by atomic mass is 10.1. The zero-order valence-electron chi connectivity index (χ0n) is 12.7. The van der Waals surface area contributed by atoms with Crippen molar-refractivity contribution in [3.63, 3.8) is 0 Å². The third kappa shape index (κ3) is 4.66. The van der Waals surface area contributed by atoms with E-state index in [0.29, 0.717) is 0 Å². The van der Waals surface area contributed by atoms with Gasteiger partial charge in [0.15, 0.2) is 0 Å². The number of hydrogen-bond donors (Lipinski definition) is 1. The first-order chi connectivity index (χ1) is 10.7. The van der Waals surface area contributed by atoms with Crippen molar-refractivity contribution in [3.05, 3.63) is 65.7 Å². The number of methoxy groups -OCH3 is 2. The molecule has 0 spiro atoms. The topological polar surface area (TPSA) is 47.6 Å². The third-order valence-electron chi connectivity index (χ3n) is 3.18. The Bertz CT molecular complexity index is 630. The number of hydrogen-bond acceptors (Lipinski definition) is 4. The molecule has 2 aromatic rings. The van der Waals surface area contributed by atoms with Crippen molar-refractivity contribution in [3.8, 4) is 5.75 Å². The molecule has 0 aliphatic carbocycles. The van der Waals surface area contributed by atoms with Crippen LogP contribution in [0.25, 0.3) is 6.08 Å². The summed E-state index contributed by atoms with van der Waals surface area (Å²) < 4.78 is 9.69. The Morgan fingerprint density at radius 2 is 1.73 bits per heavy atom. The first kappa shape index (κ1) is 15.6. The minimum absolute atomic E-state index is 0.360. The summed E-state index contributed by atoms with van der Waals surface area (Å²) >= 11 is 0. The van der Waals surface area contributed by atoms with Crippen LogP contribution in [0.4, 0.5) is 5.69 Å². The minimum atomic E-state index is -0.360. The van der Waals surface area contributed by atoms with Gasteiger partial charge in [-0.25, -0.2) is 4.79 Å². The molecule has 0 aliphatic heterocycles. The molecule has 114 valence electrons. The van der Waals surface area contributed by atoms with Gasteiger partial charge in [0.25, 0.3) is 0 Å². The molecule has 0 amide bonds. The number of nitrogens with one attached hydrogen (secondary N) is 1. The van der Waals surface area contributed by atoms with E-state index in [-0.39, 0.29) is 5.97 Å². The first-order valence-electron chi connectivity index (χ1n) is 6.94. The Kier molecular flexibility index (Phi) is 5.60. The Morgan fingerprint density at radius 3 is 2.32 bits per heavy atom. The zero-order valence-corrected chi connectivity index (χ0v) is 12.7. The van der Waals surface area contributed by atoms with Crippen molar-refractivity contribution >= 4 is 17.7 Å². The lowest BCUT2D eigenvalue weighted by Gasteiger charge is -2.07. The number of rotatable bonds is 6. The Balaban J connectivity index is 1.90. The maximum absolute atomic E-state index is 11.0. The van der Waals surface area contributed by atoms with Crippen LogP contribution in [0.5, 0.6) is 5.75 Å². The van der Waals surface area contributed by atoms with Crippen molar-refractivity contribution in [1.29, 1.82) is 0 Å². The summed E-state index contributed by atoms with van der Waals surface area (Å²) in [5.74, 6) is 0.493. The highest BCUT2D eigenvalue weighted by atomic mass is 16.5. The molecular weight excluding hydrogens is 278 g/mol. The van der Waals surface area contributed by atoms with Crippen LogP contribution in [0.2, 0.25) is 0 Å². The average molecular weight is 297 g/mol. The van der Waals surface area contributed by atoms with E-state index in [4.69, 9.17) is 4.74 Å². The van der Waals surface area contributed by atoms with Gasteiger partial charge >= 0.3 is 5.97 Å². The first-order valence-corrected chi connectivity index (χ1v) is 6.94. The van der Waals surface area contributed by atoms with Gasteiger partial charge in [-0.15, -0.1) is 0 Å². The fourth-order valence-corrected chi connectivity index (χ4v) is 1.89. The molecule has 22 heavy (non-hydrogen) atoms. The van der Waals surface area contributed by atoms with E-state index in [1.165, 1.54) is 18.7 Å². The predicted molar refractivity (Wildman–Crippen MR) is 87.8 cm³/mol. The molecular formula is C18H19NO3. The normalized spacial score (nSPS) is 10.5. The highest BCUT2D eigenvalue weighted by molar-refractivity contribution is 5.86. The summed E-state index contributed by atoms with van der Waals surface area (Å²) in [5, 5.41) is 3.35. The molecule has 4 nitrogen and oxygen atoms in total. The van der Waals surface area contributed by atoms with Crippen LogP contribution >= 0.6 is 0 Å². The molecule has 2 aromatic carbocycles. The summed E-state index contributed by atoms with van der Waals surface area (Å²) in [6.45, 7) is 0.737. The van der Waals surface area contributed by atoms with E-state index in [2.05, 4.69) is 10.1 Å². The number of esters is 1. The molecule has 0 unspecified atom stereocenters. The van der Waals surface area contributed by atoms with E-state index in [9.17, 15) is 4.79 Å². The molecule has 0 saturated carbocycles. The molecule has 0 atom stereocenters. The Labute approximate surface area is 130 Å². The predicted octanol–water partition coefficient (Wildman–Crippen LogP) is 3.49. The number of ether oxygens (including phenoxy) is 2. The molecule has 1 N–H and O–H groups in total. The van der Waals surface area contributed by atoms with Crippen molar-refractivity contribution < 1.29 is 14.3 Å². The third-order valence-corrected chi connectivity index (χ3v) is 3.18. The van der Waals surface area contributed by atoms with Crippen LogP contribution in [0.15, 0.2) is 54.6 Å². The highest BCUT2D eigenvalue weighted by Crippen LogP contribution is 2.15. The quantitative estimate of drug-likeness (QED) is 0.655. The van der Waals surface area contributed by atoms with Crippen LogP contribution in [-0.4, -0.2) is 20.2 Å². The molecule has 0 radical (unpaired) electrons. The van der Waals surface area contributed by atoms with E-state index in [1.807, 2.05) is 48.5 Å². The number of anilines is 1. The molecule has 0 bridgehead atoms. The van der Waals surface area contributed by atoms with Crippen LogP contribution < -0.4 is 10.1 Å². The number of benzene rings is 2. The molecule has 0 aromatic heterocycles. The molecule has 0 saturated heterocycles. The van der Waals surface area contributed by atoms with Crippen LogP contribution in [0.1, 0.15) is 11.1 Å². The van der Waals surface area contributed by atoms with Crippen molar-refractivity contribution in [2.45, 2.75) is 6.54 Å². The number of carbonyl (C=O) groups excluding carboxylic acids is 1. The largest absolute Gasteiger partial charge is 0.497 e. The van der Waals surface area contributed by atoms with Gasteiger partial charge in [-0.1, -0.05) is 24.3 Å². The maximum Gasteiger partial charge on any atom is 0.330 e. The lowest BCUT2D eigenvalue weighted by Crippen LogP contribution is -1.99. The molecule has 0 aliphatic rings. The van der Waals surface area contributed by atoms with E-state index in [0.717, 1.165) is 23.5 Å². The van der Waals surface area contributed by atoms with E-state index in [1.54, 1.807) is 13.2 Å². The second kappa shape index (κ2) is 7.88. The zero-order chi connectivity index (χ0) is 15.8. The second-order valence-corrected chi connectivity index (χ2v) is 4.68. The summed E-state index contributed by atoms with van der Waals surface area (Å²) in [6, 6.07) is 15.8. The molecule has 0 fully saturated rings. The highest BCUT2D eigenvalue weighted by Gasteiger charge is 1.97. The van der Waals surface area contributed by atoms with Crippen LogP contribution in [-0.2, 0) is 16.1 Å². The van der Waals surface area contributed by atoms with Gasteiger partial charge < -0.3 is 14.8 Å². The van der Waals surface area contributed by atoms with Gasteiger partial charge in [0, 0.05) is 18.3 Å². The van der Waals surface area contributed by atoms with Crippen molar-refractivity contribution in [1.82, 2.24) is 0 Å². The molecule has 2 rings (SSSR count). The van der Waals surface area contributed by atoms with Crippen LogP contribution in [0, 0.1) is 0 Å². The van der Waals surface area contributed by atoms with Gasteiger partial charge in [-0.2, -0.15) is 0 Å². The fourth-order valence-electron chi connectivity index (χ4n) is 1.89. The molecule has 4 heteroatoms.